The van der Waals surface area contributed by atoms with Crippen molar-refractivity contribution in [1.29, 1.82) is 0 Å². The summed E-state index contributed by atoms with van der Waals surface area (Å²) in [6, 6.07) is 14.6. The van der Waals surface area contributed by atoms with Crippen molar-refractivity contribution in [1.82, 2.24) is 15.1 Å². The molecule has 2 N–H and O–H groups in total. The Morgan fingerprint density at radius 1 is 1.10 bits per heavy atom. The third-order valence-electron chi connectivity index (χ3n) is 4.57. The molecule has 8 nitrogen and oxygen atoms in total. The van der Waals surface area contributed by atoms with E-state index in [1.54, 1.807) is 31.2 Å². The summed E-state index contributed by atoms with van der Waals surface area (Å²) < 4.78 is 10.2. The molecule has 2 heterocycles. The van der Waals surface area contributed by atoms with Crippen LogP contribution in [0.25, 0.3) is 22.4 Å². The van der Waals surface area contributed by atoms with Crippen molar-refractivity contribution in [2.45, 2.75) is 26.9 Å². The van der Waals surface area contributed by atoms with Gasteiger partial charge < -0.3 is 19.6 Å². The Morgan fingerprint density at radius 3 is 2.57 bits per heavy atom. The van der Waals surface area contributed by atoms with E-state index in [9.17, 15) is 9.59 Å². The average molecular weight is 404 g/mol. The molecule has 4 rings (SSSR count). The molecule has 0 saturated carbocycles. The van der Waals surface area contributed by atoms with Crippen LogP contribution in [-0.2, 0) is 9.53 Å². The van der Waals surface area contributed by atoms with E-state index in [1.807, 2.05) is 31.2 Å². The number of anilines is 1. The molecule has 8 heteroatoms. The van der Waals surface area contributed by atoms with Crippen molar-refractivity contribution < 1.29 is 18.8 Å². The number of amides is 1. The van der Waals surface area contributed by atoms with E-state index in [1.165, 1.54) is 6.92 Å². The minimum atomic E-state index is -1.00. The summed E-state index contributed by atoms with van der Waals surface area (Å²) in [5, 5.41) is 6.22. The summed E-state index contributed by atoms with van der Waals surface area (Å²) in [6.45, 7) is 5.22. The zero-order valence-electron chi connectivity index (χ0n) is 16.7. The van der Waals surface area contributed by atoms with E-state index in [2.05, 4.69) is 20.4 Å². The molecule has 0 spiro atoms. The number of aryl methyl sites for hydroxylation is 2. The van der Waals surface area contributed by atoms with Crippen molar-refractivity contribution >= 4 is 28.7 Å². The van der Waals surface area contributed by atoms with Gasteiger partial charge in [-0.2, -0.15) is 0 Å². The second-order valence-electron chi connectivity index (χ2n) is 7.04. The van der Waals surface area contributed by atoms with Crippen LogP contribution < -0.4 is 5.32 Å². The first kappa shape index (κ1) is 19.4. The van der Waals surface area contributed by atoms with Gasteiger partial charge in [0.25, 0.3) is 5.91 Å². The Bertz CT molecular complexity index is 1220. The lowest BCUT2D eigenvalue weighted by molar-refractivity contribution is -0.123. The smallest absolute Gasteiger partial charge is 0.338 e. The van der Waals surface area contributed by atoms with Gasteiger partial charge >= 0.3 is 5.97 Å². The van der Waals surface area contributed by atoms with Gasteiger partial charge in [-0.1, -0.05) is 35.0 Å². The average Bonchev–Trinajstić information content (AvgIpc) is 3.33. The maximum absolute atomic E-state index is 12.5. The number of ether oxygens (including phenoxy) is 1. The number of nitrogens with zero attached hydrogens (tertiary/aromatic N) is 2. The van der Waals surface area contributed by atoms with Crippen LogP contribution >= 0.6 is 0 Å². The highest BCUT2D eigenvalue weighted by Crippen LogP contribution is 2.22. The Labute approximate surface area is 172 Å². The Kier molecular flexibility index (Phi) is 5.05. The highest BCUT2D eigenvalue weighted by Gasteiger charge is 2.20. The summed E-state index contributed by atoms with van der Waals surface area (Å²) in [4.78, 5) is 32.5. The lowest BCUT2D eigenvalue weighted by atomic mass is 10.1. The number of H-pyrrole nitrogens is 1. The maximum atomic E-state index is 12.5. The molecule has 0 bridgehead atoms. The van der Waals surface area contributed by atoms with Crippen LogP contribution in [0.3, 0.4) is 0 Å². The number of carbonyl (C=O) groups excluding carboxylic acids is 2. The Hall–Kier alpha value is -3.94. The summed E-state index contributed by atoms with van der Waals surface area (Å²) in [5.74, 6) is 0.435. The number of benzene rings is 2. The second-order valence-corrected chi connectivity index (χ2v) is 7.04. The first-order chi connectivity index (χ1) is 14.4. The number of fused-ring (bicyclic) bond motifs is 1. The number of hydrogen-bond acceptors (Lipinski definition) is 6. The highest BCUT2D eigenvalue weighted by molar-refractivity contribution is 5.98. The number of rotatable bonds is 5. The van der Waals surface area contributed by atoms with Gasteiger partial charge in [0.2, 0.25) is 0 Å². The van der Waals surface area contributed by atoms with Crippen LogP contribution in [0.15, 0.2) is 53.1 Å². The maximum Gasteiger partial charge on any atom is 0.338 e. The minimum Gasteiger partial charge on any atom is -0.449 e. The van der Waals surface area contributed by atoms with Crippen molar-refractivity contribution in [2.24, 2.45) is 0 Å². The molecular weight excluding hydrogens is 384 g/mol. The van der Waals surface area contributed by atoms with E-state index in [-0.39, 0.29) is 5.82 Å². The highest BCUT2D eigenvalue weighted by atomic mass is 16.5. The van der Waals surface area contributed by atoms with E-state index < -0.39 is 18.0 Å². The van der Waals surface area contributed by atoms with Gasteiger partial charge in [0, 0.05) is 11.6 Å². The molecule has 4 aromatic rings. The predicted octanol–water partition coefficient (Wildman–Crippen LogP) is 4.02. The van der Waals surface area contributed by atoms with Gasteiger partial charge in [-0.15, -0.1) is 0 Å². The van der Waals surface area contributed by atoms with E-state index in [0.29, 0.717) is 22.7 Å². The number of imidazole rings is 1. The standard InChI is InChI=1S/C22H20N4O4/c1-12-4-6-15(7-5-12)20-23-17-9-8-16(11-18(17)24-20)22(28)29-14(3)21(27)25-19-10-13(2)30-26-19/h4-11,14H,1-3H3,(H,23,24)(H,25,26,27). The monoisotopic (exact) mass is 404 g/mol. The zero-order chi connectivity index (χ0) is 21.3. The van der Waals surface area contributed by atoms with Crippen molar-refractivity contribution in [3.8, 4) is 11.4 Å². The topological polar surface area (TPSA) is 110 Å². The van der Waals surface area contributed by atoms with Crippen LogP contribution in [0, 0.1) is 13.8 Å². The quantitative estimate of drug-likeness (QED) is 0.486. The predicted molar refractivity (Wildman–Crippen MR) is 111 cm³/mol. The molecule has 0 saturated heterocycles. The van der Waals surface area contributed by atoms with Gasteiger partial charge in [-0.25, -0.2) is 9.78 Å². The molecular formula is C22H20N4O4. The van der Waals surface area contributed by atoms with Crippen LogP contribution in [0.4, 0.5) is 5.82 Å². The summed E-state index contributed by atoms with van der Waals surface area (Å²) >= 11 is 0. The molecule has 0 fully saturated rings. The normalized spacial score (nSPS) is 12.0. The molecule has 0 aliphatic heterocycles. The molecule has 0 aliphatic rings. The van der Waals surface area contributed by atoms with E-state index in [4.69, 9.17) is 9.26 Å². The fraction of sp³-hybridized carbons (Fsp3) is 0.182. The largest absolute Gasteiger partial charge is 0.449 e. The van der Waals surface area contributed by atoms with Gasteiger partial charge in [-0.3, -0.25) is 4.79 Å². The third-order valence-corrected chi connectivity index (χ3v) is 4.57. The molecule has 1 atom stereocenters. The number of aromatic amines is 1. The Balaban J connectivity index is 1.47. The minimum absolute atomic E-state index is 0.267. The van der Waals surface area contributed by atoms with Crippen molar-refractivity contribution in [3.05, 3.63) is 65.4 Å². The Morgan fingerprint density at radius 2 is 1.87 bits per heavy atom. The molecule has 0 radical (unpaired) electrons. The molecule has 30 heavy (non-hydrogen) atoms. The van der Waals surface area contributed by atoms with Gasteiger partial charge in [0.1, 0.15) is 11.6 Å². The SMILES string of the molecule is Cc1ccc(-c2nc3ccc(C(=O)OC(C)C(=O)Nc4cc(C)on4)cc3[nH]2)cc1. The van der Waals surface area contributed by atoms with Gasteiger partial charge in [0.05, 0.1) is 16.6 Å². The zero-order valence-corrected chi connectivity index (χ0v) is 16.7. The molecule has 152 valence electrons. The molecule has 2 aromatic carbocycles. The fourth-order valence-electron chi connectivity index (χ4n) is 2.92. The van der Waals surface area contributed by atoms with Crippen molar-refractivity contribution in [2.75, 3.05) is 5.32 Å². The van der Waals surface area contributed by atoms with Crippen LogP contribution in [0.2, 0.25) is 0 Å². The van der Waals surface area contributed by atoms with Crippen LogP contribution in [0.1, 0.15) is 28.6 Å². The second kappa shape index (κ2) is 7.82. The summed E-state index contributed by atoms with van der Waals surface area (Å²) in [6.07, 6.45) is -1.00. The van der Waals surface area contributed by atoms with Crippen LogP contribution in [0.5, 0.6) is 0 Å². The fourth-order valence-corrected chi connectivity index (χ4v) is 2.92. The first-order valence-corrected chi connectivity index (χ1v) is 9.41. The first-order valence-electron chi connectivity index (χ1n) is 9.41. The molecule has 1 amide bonds. The molecule has 2 aromatic heterocycles. The number of hydrogen-bond donors (Lipinski definition) is 2. The molecule has 0 aliphatic carbocycles. The lowest BCUT2D eigenvalue weighted by Gasteiger charge is -2.12. The molecule has 1 unspecified atom stereocenters. The van der Waals surface area contributed by atoms with Crippen LogP contribution in [-0.4, -0.2) is 33.1 Å². The van der Waals surface area contributed by atoms with E-state index >= 15 is 0 Å². The number of carbonyl (C=O) groups is 2. The van der Waals surface area contributed by atoms with Gasteiger partial charge in [0.15, 0.2) is 11.9 Å². The number of aromatic nitrogens is 3. The summed E-state index contributed by atoms with van der Waals surface area (Å²) in [5.41, 5.74) is 3.87. The van der Waals surface area contributed by atoms with E-state index in [0.717, 1.165) is 16.6 Å². The van der Waals surface area contributed by atoms with Gasteiger partial charge in [-0.05, 0) is 39.0 Å². The number of nitrogens with one attached hydrogen (secondary N) is 2. The van der Waals surface area contributed by atoms with Crippen molar-refractivity contribution in [3.63, 3.8) is 0 Å². The lowest BCUT2D eigenvalue weighted by Crippen LogP contribution is -2.30. The third kappa shape index (κ3) is 4.07. The number of esters is 1. The summed E-state index contributed by atoms with van der Waals surface area (Å²) in [7, 11) is 0.